The van der Waals surface area contributed by atoms with E-state index in [2.05, 4.69) is 5.32 Å². The van der Waals surface area contributed by atoms with Crippen molar-refractivity contribution in [2.75, 3.05) is 19.9 Å². The summed E-state index contributed by atoms with van der Waals surface area (Å²) in [6.07, 6.45) is -2.84. The molecular weight excluding hydrogens is 447 g/mol. The van der Waals surface area contributed by atoms with Crippen molar-refractivity contribution in [2.45, 2.75) is 31.6 Å². The van der Waals surface area contributed by atoms with Crippen LogP contribution < -0.4 is 15.4 Å². The highest BCUT2D eigenvalue weighted by atomic mass is 19.1. The van der Waals surface area contributed by atoms with Gasteiger partial charge in [0.15, 0.2) is 0 Å². The fraction of sp³-hybridized carbons (Fsp3) is 0.417. The molecule has 34 heavy (non-hydrogen) atoms. The molecule has 0 aromatic heterocycles. The molecule has 0 radical (unpaired) electrons. The summed E-state index contributed by atoms with van der Waals surface area (Å²) in [6, 6.07) is 15.7. The number of amides is 2. The molecular formula is C24H29FN2O7. The smallest absolute Gasteiger partial charge is 0.369 e. The summed E-state index contributed by atoms with van der Waals surface area (Å²) >= 11 is 0. The van der Waals surface area contributed by atoms with E-state index in [-0.39, 0.29) is 11.3 Å². The summed E-state index contributed by atoms with van der Waals surface area (Å²) < 4.78 is 23.0. The van der Waals surface area contributed by atoms with E-state index in [0.717, 1.165) is 25.2 Å². The summed E-state index contributed by atoms with van der Waals surface area (Å²) in [6.45, 7) is 2.75. The Kier molecular flexibility index (Phi) is 8.56. The summed E-state index contributed by atoms with van der Waals surface area (Å²) in [5.74, 6) is 0.548. The molecule has 10 heteroatoms. The minimum atomic E-state index is -3.31. The van der Waals surface area contributed by atoms with Crippen LogP contribution in [0.4, 0.5) is 4.39 Å². The van der Waals surface area contributed by atoms with Gasteiger partial charge in [-0.15, -0.1) is 0 Å². The normalized spacial score (nSPS) is 23.6. The largest absolute Gasteiger partial charge is 0.486 e. The molecule has 5 N–H and O–H groups in total. The molecule has 1 saturated carbocycles. The zero-order chi connectivity index (χ0) is 24.7. The highest BCUT2D eigenvalue weighted by Crippen LogP contribution is 2.43. The highest BCUT2D eigenvalue weighted by Gasteiger charge is 2.53. The number of hydrogen-bond donors (Lipinski definition) is 5. The van der Waals surface area contributed by atoms with Gasteiger partial charge in [0.05, 0.1) is 18.8 Å². The van der Waals surface area contributed by atoms with Gasteiger partial charge in [0.1, 0.15) is 18.5 Å². The average molecular weight is 477 g/mol. The van der Waals surface area contributed by atoms with E-state index in [4.69, 9.17) is 24.8 Å². The Bertz CT molecular complexity index is 931. The predicted octanol–water partition coefficient (Wildman–Crippen LogP) is 0.650. The highest BCUT2D eigenvalue weighted by molar-refractivity contribution is 5.98. The number of aryl methyl sites for hydroxylation is 1. The topological polar surface area (TPSA) is 137 Å². The lowest BCUT2D eigenvalue weighted by Crippen LogP contribution is -2.48. The van der Waals surface area contributed by atoms with Crippen molar-refractivity contribution in [3.63, 3.8) is 0 Å². The van der Waals surface area contributed by atoms with Crippen molar-refractivity contribution in [1.82, 2.24) is 10.6 Å². The lowest BCUT2D eigenvalue weighted by atomic mass is 10.0. The Labute approximate surface area is 196 Å². The van der Waals surface area contributed by atoms with Gasteiger partial charge in [-0.1, -0.05) is 42.5 Å². The van der Waals surface area contributed by atoms with Crippen LogP contribution in [0.25, 0.3) is 0 Å². The van der Waals surface area contributed by atoms with E-state index in [1.165, 1.54) is 6.07 Å². The minimum Gasteiger partial charge on any atom is -0.486 e. The molecule has 3 atom stereocenters. The lowest BCUT2D eigenvalue weighted by Gasteiger charge is -2.17. The predicted molar refractivity (Wildman–Crippen MR) is 119 cm³/mol. The first kappa shape index (κ1) is 25.6. The second-order valence-corrected chi connectivity index (χ2v) is 8.32. The van der Waals surface area contributed by atoms with Gasteiger partial charge in [-0.05, 0) is 24.1 Å². The Morgan fingerprint density at radius 3 is 2.21 bits per heavy atom. The van der Waals surface area contributed by atoms with Crippen molar-refractivity contribution >= 4 is 12.3 Å². The monoisotopic (exact) mass is 476 g/mol. The third kappa shape index (κ3) is 6.97. The molecule has 2 amide bonds. The number of halogens is 1. The molecule has 3 unspecified atom stereocenters. The maximum absolute atomic E-state index is 12.6. The van der Waals surface area contributed by atoms with Crippen LogP contribution in [0.5, 0.6) is 5.75 Å². The van der Waals surface area contributed by atoms with Gasteiger partial charge in [0, 0.05) is 24.3 Å². The number of fused-ring (bicyclic) bond motifs is 2. The molecule has 0 bridgehead atoms. The zero-order valence-electron chi connectivity index (χ0n) is 18.7. The average Bonchev–Trinajstić information content (AvgIpc) is 3.14. The third-order valence-electron chi connectivity index (χ3n) is 5.62. The molecule has 2 heterocycles. The van der Waals surface area contributed by atoms with Crippen LogP contribution in [0, 0.1) is 18.8 Å². The SMILES string of the molecule is Cc1cc2c(c(C(=O)NC(O)(O)O)c1)OC(CF)C2.O=CNC1C2COCC21.c1ccccc1. The van der Waals surface area contributed by atoms with Crippen molar-refractivity contribution < 1.29 is 38.8 Å². The molecule has 2 aromatic rings. The molecule has 5 rings (SSSR count). The number of aliphatic hydroxyl groups is 3. The maximum atomic E-state index is 12.6. The number of hydrogen-bond acceptors (Lipinski definition) is 7. The van der Waals surface area contributed by atoms with Crippen LogP contribution in [-0.2, 0) is 16.0 Å². The molecule has 9 nitrogen and oxygen atoms in total. The van der Waals surface area contributed by atoms with Crippen molar-refractivity contribution in [3.8, 4) is 5.75 Å². The first-order chi connectivity index (χ1) is 16.2. The fourth-order valence-electron chi connectivity index (χ4n) is 4.02. The lowest BCUT2D eigenvalue weighted by molar-refractivity contribution is -0.323. The van der Waals surface area contributed by atoms with E-state index in [1.54, 1.807) is 18.3 Å². The van der Waals surface area contributed by atoms with Crippen LogP contribution >= 0.6 is 0 Å². The van der Waals surface area contributed by atoms with Crippen LogP contribution in [0.1, 0.15) is 21.5 Å². The molecule has 2 aliphatic heterocycles. The first-order valence-corrected chi connectivity index (χ1v) is 10.9. The molecule has 1 aliphatic carbocycles. The second-order valence-electron chi connectivity index (χ2n) is 8.32. The standard InChI is InChI=1S/C12H14FNO5.C6H9NO2.C6H6/c1-6-2-7-4-8(5-13)19-10(7)9(3-6)11(15)14-12(16,17)18;8-3-7-6-4-1-9-2-5(4)6;1-2-4-6-5-3-1/h2-3,8,16-18H,4-5H2,1H3,(H,14,15);3-6H,1-2H2,(H,7,8);1-6H. The van der Waals surface area contributed by atoms with Crippen LogP contribution in [0.3, 0.4) is 0 Å². The Morgan fingerprint density at radius 2 is 1.71 bits per heavy atom. The number of rotatable bonds is 5. The quantitative estimate of drug-likeness (QED) is 0.316. The first-order valence-electron chi connectivity index (χ1n) is 10.9. The molecule has 1 saturated heterocycles. The molecule has 184 valence electrons. The number of benzene rings is 2. The van der Waals surface area contributed by atoms with E-state index >= 15 is 0 Å². The summed E-state index contributed by atoms with van der Waals surface area (Å²) in [7, 11) is 0. The van der Waals surface area contributed by atoms with Crippen molar-refractivity contribution in [2.24, 2.45) is 11.8 Å². The third-order valence-corrected chi connectivity index (χ3v) is 5.62. The summed E-state index contributed by atoms with van der Waals surface area (Å²) in [5.41, 5.74) is 1.44. The minimum absolute atomic E-state index is 0.0208. The van der Waals surface area contributed by atoms with Gasteiger partial charge in [-0.2, -0.15) is 0 Å². The molecule has 2 fully saturated rings. The Balaban J connectivity index is 0.000000175. The summed E-state index contributed by atoms with van der Waals surface area (Å²) in [4.78, 5) is 21.7. The van der Waals surface area contributed by atoms with E-state index < -0.39 is 24.8 Å². The Morgan fingerprint density at radius 1 is 1.12 bits per heavy atom. The van der Waals surface area contributed by atoms with Gasteiger partial charge in [0.25, 0.3) is 5.91 Å². The van der Waals surface area contributed by atoms with Gasteiger partial charge >= 0.3 is 6.10 Å². The van der Waals surface area contributed by atoms with Gasteiger partial charge in [-0.3, -0.25) is 14.9 Å². The molecule has 0 spiro atoms. The number of nitrogens with one attached hydrogen (secondary N) is 2. The second kappa shape index (κ2) is 11.4. The van der Waals surface area contributed by atoms with Crippen molar-refractivity contribution in [3.05, 3.63) is 65.2 Å². The van der Waals surface area contributed by atoms with E-state index in [0.29, 0.717) is 29.9 Å². The van der Waals surface area contributed by atoms with Crippen LogP contribution in [0.2, 0.25) is 0 Å². The van der Waals surface area contributed by atoms with Crippen molar-refractivity contribution in [1.29, 1.82) is 0 Å². The summed E-state index contributed by atoms with van der Waals surface area (Å²) in [5, 5.41) is 30.6. The number of ether oxygens (including phenoxy) is 2. The number of carbonyl (C=O) groups is 2. The maximum Gasteiger partial charge on any atom is 0.369 e. The van der Waals surface area contributed by atoms with Crippen LogP contribution in [0.15, 0.2) is 48.5 Å². The fourth-order valence-corrected chi connectivity index (χ4v) is 4.02. The van der Waals surface area contributed by atoms with Gasteiger partial charge in [0.2, 0.25) is 6.41 Å². The molecule has 2 aromatic carbocycles. The van der Waals surface area contributed by atoms with Crippen LogP contribution in [-0.4, -0.2) is 65.8 Å². The van der Waals surface area contributed by atoms with Gasteiger partial charge in [-0.25, -0.2) is 4.39 Å². The number of alkyl halides is 1. The molecule has 3 aliphatic rings. The van der Waals surface area contributed by atoms with E-state index in [9.17, 15) is 14.0 Å². The number of carbonyl (C=O) groups excluding carboxylic acids is 2. The Hall–Kier alpha value is -3.05. The van der Waals surface area contributed by atoms with Gasteiger partial charge < -0.3 is 30.1 Å². The zero-order valence-corrected chi connectivity index (χ0v) is 18.7. The van der Waals surface area contributed by atoms with E-state index in [1.807, 2.05) is 36.4 Å².